The molecule has 0 spiro atoms. The van der Waals surface area contributed by atoms with Crippen molar-refractivity contribution in [3.63, 3.8) is 0 Å². The van der Waals surface area contributed by atoms with Crippen LogP contribution in [0.3, 0.4) is 0 Å². The van der Waals surface area contributed by atoms with Crippen LogP contribution in [0.4, 0.5) is 10.1 Å². The van der Waals surface area contributed by atoms with Crippen LogP contribution in [0.15, 0.2) is 42.5 Å². The molecule has 2 aromatic rings. The molecule has 15 heteroatoms. The van der Waals surface area contributed by atoms with E-state index in [1.165, 1.54) is 30.3 Å². The van der Waals surface area contributed by atoms with E-state index >= 15 is 0 Å². The number of carboxylic acid groups (broad SMARTS) is 2. The summed E-state index contributed by atoms with van der Waals surface area (Å²) < 4.78 is 46.9. The van der Waals surface area contributed by atoms with Gasteiger partial charge in [0.15, 0.2) is 5.96 Å². The topological polar surface area (TPSA) is 221 Å². The fraction of sp³-hybridized carbons (Fsp3) is 0.158. The van der Waals surface area contributed by atoms with Gasteiger partial charge in [0.05, 0.1) is 12.0 Å². The van der Waals surface area contributed by atoms with E-state index in [9.17, 15) is 27.2 Å². The first-order valence-electron chi connectivity index (χ1n) is 9.29. The molecule has 0 aliphatic heterocycles. The molecule has 0 fully saturated rings. The summed E-state index contributed by atoms with van der Waals surface area (Å²) in [7, 11) is -4.49. The SMILES string of the molecule is N=C(N)Nc1ccc(C(=O)Oc2ccc(CNS(=O)(=O)NC(CC(=O)O)C(=O)O)c(F)c2)cc1. The molecule has 34 heavy (non-hydrogen) atoms. The number of carboxylic acids is 2. The van der Waals surface area contributed by atoms with Crippen LogP contribution >= 0.6 is 0 Å². The fourth-order valence-corrected chi connectivity index (χ4v) is 3.49. The Bertz CT molecular complexity index is 1200. The van der Waals surface area contributed by atoms with Crippen LogP contribution < -0.4 is 25.2 Å². The number of nitrogens with two attached hydrogens (primary N) is 1. The lowest BCUT2D eigenvalue weighted by Crippen LogP contribution is -2.47. The average Bonchev–Trinajstić information content (AvgIpc) is 2.72. The third kappa shape index (κ3) is 8.12. The van der Waals surface area contributed by atoms with Crippen molar-refractivity contribution in [1.82, 2.24) is 9.44 Å². The maximum Gasteiger partial charge on any atom is 0.343 e. The number of halogens is 1. The second-order valence-corrected chi connectivity index (χ2v) is 8.22. The summed E-state index contributed by atoms with van der Waals surface area (Å²) in [6.07, 6.45) is -0.999. The lowest BCUT2D eigenvalue weighted by atomic mass is 10.2. The van der Waals surface area contributed by atoms with E-state index in [1.807, 2.05) is 4.72 Å². The highest BCUT2D eigenvalue weighted by Crippen LogP contribution is 2.19. The van der Waals surface area contributed by atoms with Crippen molar-refractivity contribution in [1.29, 1.82) is 5.41 Å². The van der Waals surface area contributed by atoms with Crippen LogP contribution in [-0.2, 0) is 26.3 Å². The normalized spacial score (nSPS) is 11.9. The van der Waals surface area contributed by atoms with E-state index in [0.29, 0.717) is 5.69 Å². The number of carbonyl (C=O) groups excluding carboxylic acids is 1. The van der Waals surface area contributed by atoms with E-state index in [2.05, 4.69) is 5.32 Å². The van der Waals surface area contributed by atoms with E-state index in [-0.39, 0.29) is 22.8 Å². The summed E-state index contributed by atoms with van der Waals surface area (Å²) >= 11 is 0. The zero-order valence-corrected chi connectivity index (χ0v) is 18.1. The van der Waals surface area contributed by atoms with Gasteiger partial charge in [-0.05, 0) is 30.3 Å². The molecule has 0 radical (unpaired) electrons. The van der Waals surface area contributed by atoms with Crippen molar-refractivity contribution in [2.45, 2.75) is 19.0 Å². The Morgan fingerprint density at radius 3 is 2.29 bits per heavy atom. The van der Waals surface area contributed by atoms with Crippen LogP contribution in [0.25, 0.3) is 0 Å². The number of benzene rings is 2. The standard InChI is InChI=1S/C19H20FN5O8S/c20-14-7-13(33-18(30)10-1-4-12(5-2-10)24-19(21)22)6-3-11(14)9-23-34(31,32)25-15(17(28)29)8-16(26)27/h1-7,15,23,25H,8-9H2,(H,26,27)(H,28,29)(H4,21,22,24). The number of anilines is 1. The van der Waals surface area contributed by atoms with Gasteiger partial charge < -0.3 is 26.0 Å². The molecule has 0 aliphatic carbocycles. The number of hydrogen-bond donors (Lipinski definition) is 7. The van der Waals surface area contributed by atoms with E-state index in [4.69, 9.17) is 26.1 Å². The molecule has 0 bridgehead atoms. The van der Waals surface area contributed by atoms with Gasteiger partial charge in [0, 0.05) is 23.9 Å². The molecule has 0 heterocycles. The van der Waals surface area contributed by atoms with Gasteiger partial charge in [-0.3, -0.25) is 15.0 Å². The molecule has 1 atom stereocenters. The number of ether oxygens (including phenoxy) is 1. The summed E-state index contributed by atoms with van der Waals surface area (Å²) in [4.78, 5) is 33.9. The Morgan fingerprint density at radius 1 is 1.12 bits per heavy atom. The Kier molecular flexibility index (Phi) is 8.60. The fourth-order valence-electron chi connectivity index (χ4n) is 2.50. The Labute approximate surface area is 192 Å². The summed E-state index contributed by atoms with van der Waals surface area (Å²) in [6, 6.07) is 7.05. The number of nitrogens with one attached hydrogen (secondary N) is 4. The molecule has 1 unspecified atom stereocenters. The average molecular weight is 497 g/mol. The van der Waals surface area contributed by atoms with Crippen molar-refractivity contribution < 1.29 is 42.1 Å². The van der Waals surface area contributed by atoms with Crippen LogP contribution in [0.5, 0.6) is 5.75 Å². The highest BCUT2D eigenvalue weighted by molar-refractivity contribution is 7.87. The van der Waals surface area contributed by atoms with Gasteiger partial charge in [0.2, 0.25) is 0 Å². The summed E-state index contributed by atoms with van der Waals surface area (Å²) in [6.45, 7) is -0.598. The van der Waals surface area contributed by atoms with Gasteiger partial charge in [-0.2, -0.15) is 17.9 Å². The van der Waals surface area contributed by atoms with Crippen molar-refractivity contribution in [2.75, 3.05) is 5.32 Å². The molecule has 2 aromatic carbocycles. The molecular formula is C19H20FN5O8S. The molecular weight excluding hydrogens is 477 g/mol. The first kappa shape index (κ1) is 26.2. The predicted octanol–water partition coefficient (Wildman–Crippen LogP) is 0.202. The number of guanidine groups is 1. The van der Waals surface area contributed by atoms with Gasteiger partial charge >= 0.3 is 17.9 Å². The minimum Gasteiger partial charge on any atom is -0.481 e. The second kappa shape index (κ2) is 11.2. The summed E-state index contributed by atoms with van der Waals surface area (Å²) in [5, 5.41) is 27.2. The second-order valence-electron chi connectivity index (χ2n) is 6.69. The predicted molar refractivity (Wildman–Crippen MR) is 116 cm³/mol. The lowest BCUT2D eigenvalue weighted by molar-refractivity contribution is -0.145. The molecule has 0 aromatic heterocycles. The quantitative estimate of drug-likeness (QED) is 0.0967. The number of rotatable bonds is 11. The Hall–Kier alpha value is -4.08. The van der Waals surface area contributed by atoms with Crippen LogP contribution in [0, 0.1) is 11.2 Å². The van der Waals surface area contributed by atoms with Crippen LogP contribution in [-0.4, -0.2) is 48.5 Å². The smallest absolute Gasteiger partial charge is 0.343 e. The van der Waals surface area contributed by atoms with Gasteiger partial charge in [-0.25, -0.2) is 9.18 Å². The van der Waals surface area contributed by atoms with Crippen molar-refractivity contribution >= 4 is 39.8 Å². The highest BCUT2D eigenvalue weighted by atomic mass is 32.2. The zero-order valence-electron chi connectivity index (χ0n) is 17.2. The van der Waals surface area contributed by atoms with Crippen LogP contribution in [0.1, 0.15) is 22.3 Å². The lowest BCUT2D eigenvalue weighted by Gasteiger charge is -2.14. The van der Waals surface area contributed by atoms with E-state index < -0.39 is 52.9 Å². The van der Waals surface area contributed by atoms with E-state index in [1.54, 1.807) is 4.72 Å². The molecule has 0 aliphatic rings. The number of esters is 1. The largest absolute Gasteiger partial charge is 0.481 e. The molecule has 182 valence electrons. The van der Waals surface area contributed by atoms with Gasteiger partial charge in [0.1, 0.15) is 17.6 Å². The maximum absolute atomic E-state index is 14.4. The molecule has 13 nitrogen and oxygen atoms in total. The number of aliphatic carboxylic acids is 2. The van der Waals surface area contributed by atoms with Crippen molar-refractivity contribution in [2.24, 2.45) is 5.73 Å². The third-order valence-corrected chi connectivity index (χ3v) is 5.18. The van der Waals surface area contributed by atoms with Crippen LogP contribution in [0.2, 0.25) is 0 Å². The van der Waals surface area contributed by atoms with Gasteiger partial charge in [-0.1, -0.05) is 6.07 Å². The third-order valence-electron chi connectivity index (χ3n) is 4.06. The first-order chi connectivity index (χ1) is 15.9. The zero-order chi connectivity index (χ0) is 25.5. The molecule has 2 rings (SSSR count). The molecule has 0 amide bonds. The minimum atomic E-state index is -4.49. The Morgan fingerprint density at radius 2 is 1.76 bits per heavy atom. The Balaban J connectivity index is 2.00. The first-order valence-corrected chi connectivity index (χ1v) is 10.8. The molecule has 0 saturated carbocycles. The highest BCUT2D eigenvalue weighted by Gasteiger charge is 2.26. The summed E-state index contributed by atoms with van der Waals surface area (Å²) in [5.74, 6) is -5.40. The summed E-state index contributed by atoms with van der Waals surface area (Å²) in [5.41, 5.74) is 5.65. The molecule has 8 N–H and O–H groups in total. The number of hydrogen-bond acceptors (Lipinski definition) is 7. The van der Waals surface area contributed by atoms with Crippen molar-refractivity contribution in [3.05, 3.63) is 59.4 Å². The van der Waals surface area contributed by atoms with Crippen molar-refractivity contribution in [3.8, 4) is 5.75 Å². The van der Waals surface area contributed by atoms with E-state index in [0.717, 1.165) is 12.1 Å². The van der Waals surface area contributed by atoms with Gasteiger partial charge in [-0.15, -0.1) is 0 Å². The monoisotopic (exact) mass is 497 g/mol. The minimum absolute atomic E-state index is 0.131. The number of carbonyl (C=O) groups is 3. The van der Waals surface area contributed by atoms with Gasteiger partial charge in [0.25, 0.3) is 10.2 Å². The molecule has 0 saturated heterocycles. The maximum atomic E-state index is 14.4.